The molecule has 0 spiro atoms. The van der Waals surface area contributed by atoms with E-state index in [2.05, 4.69) is 5.32 Å². The predicted molar refractivity (Wildman–Crippen MR) is 71.1 cm³/mol. The summed E-state index contributed by atoms with van der Waals surface area (Å²) in [6.07, 6.45) is 0.581. The quantitative estimate of drug-likeness (QED) is 0.657. The Balaban J connectivity index is 2.21. The summed E-state index contributed by atoms with van der Waals surface area (Å²) in [6, 6.07) is 11.6. The number of halogens is 1. The average molecular weight is 262 g/mol. The number of nitrogen functional groups attached to an aromatic ring is 1. The van der Waals surface area contributed by atoms with Gasteiger partial charge in [0.15, 0.2) is 0 Å². The Morgan fingerprint density at radius 2 is 1.78 bits per heavy atom. The normalized spacial score (nSPS) is 10.1. The number of anilines is 2. The molecule has 18 heavy (non-hydrogen) atoms. The van der Waals surface area contributed by atoms with Crippen LogP contribution in [0.5, 0.6) is 0 Å². The monoisotopic (exact) mass is 262 g/mol. The van der Waals surface area contributed by atoms with Gasteiger partial charge in [0.2, 0.25) is 6.41 Å². The molecule has 1 amide bonds. The highest BCUT2D eigenvalue weighted by molar-refractivity contribution is 7.99. The fourth-order valence-electron chi connectivity index (χ4n) is 1.43. The molecule has 5 heteroatoms. The minimum Gasteiger partial charge on any atom is -0.397 e. The molecule has 0 aliphatic heterocycles. The van der Waals surface area contributed by atoms with Gasteiger partial charge in [-0.05, 0) is 42.5 Å². The zero-order chi connectivity index (χ0) is 13.0. The SMILES string of the molecule is Nc1ccc(Sc2ccc(F)cc2)cc1NC=O. The van der Waals surface area contributed by atoms with Gasteiger partial charge in [-0.25, -0.2) is 4.39 Å². The highest BCUT2D eigenvalue weighted by Gasteiger charge is 2.02. The lowest BCUT2D eigenvalue weighted by atomic mass is 10.3. The van der Waals surface area contributed by atoms with Gasteiger partial charge in [-0.3, -0.25) is 4.79 Å². The van der Waals surface area contributed by atoms with Gasteiger partial charge in [0.05, 0.1) is 11.4 Å². The summed E-state index contributed by atoms with van der Waals surface area (Å²) in [6.45, 7) is 0. The van der Waals surface area contributed by atoms with Crippen LogP contribution in [0.2, 0.25) is 0 Å². The number of benzene rings is 2. The van der Waals surface area contributed by atoms with Crippen LogP contribution >= 0.6 is 11.8 Å². The number of rotatable bonds is 4. The van der Waals surface area contributed by atoms with Crippen molar-refractivity contribution >= 4 is 29.5 Å². The van der Waals surface area contributed by atoms with Crippen LogP contribution in [0.25, 0.3) is 0 Å². The maximum Gasteiger partial charge on any atom is 0.211 e. The first-order valence-corrected chi connectivity index (χ1v) is 6.04. The van der Waals surface area contributed by atoms with Crippen LogP contribution in [0.3, 0.4) is 0 Å². The molecule has 0 unspecified atom stereocenters. The standard InChI is InChI=1S/C13H11FN2OS/c14-9-1-3-10(4-2-9)18-11-5-6-12(15)13(7-11)16-8-17/h1-8H,15H2,(H,16,17). The van der Waals surface area contributed by atoms with Gasteiger partial charge in [-0.1, -0.05) is 11.8 Å². The molecule has 0 aliphatic rings. The smallest absolute Gasteiger partial charge is 0.211 e. The van der Waals surface area contributed by atoms with Crippen molar-refractivity contribution in [3.05, 3.63) is 48.3 Å². The van der Waals surface area contributed by atoms with Gasteiger partial charge >= 0.3 is 0 Å². The van der Waals surface area contributed by atoms with Gasteiger partial charge in [-0.15, -0.1) is 0 Å². The topological polar surface area (TPSA) is 55.1 Å². The van der Waals surface area contributed by atoms with Crippen molar-refractivity contribution in [1.29, 1.82) is 0 Å². The number of nitrogens with one attached hydrogen (secondary N) is 1. The van der Waals surface area contributed by atoms with Crippen molar-refractivity contribution in [3.8, 4) is 0 Å². The Labute approximate surface area is 108 Å². The van der Waals surface area contributed by atoms with E-state index < -0.39 is 0 Å². The molecule has 0 bridgehead atoms. The molecule has 2 aromatic carbocycles. The first kappa shape index (κ1) is 12.4. The lowest BCUT2D eigenvalue weighted by Crippen LogP contribution is -1.98. The van der Waals surface area contributed by atoms with Crippen molar-refractivity contribution in [2.75, 3.05) is 11.1 Å². The van der Waals surface area contributed by atoms with Crippen LogP contribution in [0, 0.1) is 5.82 Å². The van der Waals surface area contributed by atoms with Crippen LogP contribution < -0.4 is 11.1 Å². The van der Waals surface area contributed by atoms with Crippen LogP contribution in [-0.2, 0) is 4.79 Å². The van der Waals surface area contributed by atoms with Crippen molar-refractivity contribution in [1.82, 2.24) is 0 Å². The van der Waals surface area contributed by atoms with Crippen LogP contribution in [0.1, 0.15) is 0 Å². The van der Waals surface area contributed by atoms with Crippen LogP contribution in [-0.4, -0.2) is 6.41 Å². The van der Waals surface area contributed by atoms with Crippen LogP contribution in [0.4, 0.5) is 15.8 Å². The largest absolute Gasteiger partial charge is 0.397 e. The Morgan fingerprint density at radius 3 is 2.44 bits per heavy atom. The molecular weight excluding hydrogens is 251 g/mol. The highest BCUT2D eigenvalue weighted by atomic mass is 32.2. The molecule has 3 N–H and O–H groups in total. The van der Waals surface area contributed by atoms with Gasteiger partial charge in [0.1, 0.15) is 5.82 Å². The third-order valence-electron chi connectivity index (χ3n) is 2.29. The molecule has 0 aliphatic carbocycles. The Hall–Kier alpha value is -2.01. The molecule has 0 fully saturated rings. The predicted octanol–water partition coefficient (Wildman–Crippen LogP) is 3.13. The number of carbonyl (C=O) groups is 1. The number of hydrogen-bond donors (Lipinski definition) is 2. The molecule has 0 saturated heterocycles. The summed E-state index contributed by atoms with van der Waals surface area (Å²) in [5.41, 5.74) is 6.78. The molecular formula is C13H11FN2OS. The van der Waals surface area contributed by atoms with E-state index in [0.29, 0.717) is 17.8 Å². The van der Waals surface area contributed by atoms with Crippen molar-refractivity contribution < 1.29 is 9.18 Å². The fourth-order valence-corrected chi connectivity index (χ4v) is 2.28. The Bertz CT molecular complexity index is 557. The third-order valence-corrected chi connectivity index (χ3v) is 3.29. The summed E-state index contributed by atoms with van der Waals surface area (Å²) in [4.78, 5) is 12.3. The second-order valence-electron chi connectivity index (χ2n) is 3.57. The maximum absolute atomic E-state index is 12.8. The molecule has 92 valence electrons. The van der Waals surface area contributed by atoms with Crippen LogP contribution in [0.15, 0.2) is 52.3 Å². The zero-order valence-electron chi connectivity index (χ0n) is 9.39. The summed E-state index contributed by atoms with van der Waals surface area (Å²) >= 11 is 1.47. The first-order chi connectivity index (χ1) is 8.69. The van der Waals surface area contributed by atoms with Crippen molar-refractivity contribution in [2.45, 2.75) is 9.79 Å². The molecule has 0 radical (unpaired) electrons. The number of amides is 1. The van der Waals surface area contributed by atoms with E-state index in [1.165, 1.54) is 23.9 Å². The fraction of sp³-hybridized carbons (Fsp3) is 0. The summed E-state index contributed by atoms with van der Waals surface area (Å²) in [5.74, 6) is -0.264. The molecule has 2 rings (SSSR count). The van der Waals surface area contributed by atoms with Gasteiger partial charge in [0, 0.05) is 9.79 Å². The minimum absolute atomic E-state index is 0.264. The second kappa shape index (κ2) is 5.55. The van der Waals surface area contributed by atoms with E-state index in [0.717, 1.165) is 9.79 Å². The lowest BCUT2D eigenvalue weighted by Gasteiger charge is -2.07. The van der Waals surface area contributed by atoms with Gasteiger partial charge in [-0.2, -0.15) is 0 Å². The molecule has 3 nitrogen and oxygen atoms in total. The molecule has 0 saturated carbocycles. The summed E-state index contributed by atoms with van der Waals surface area (Å²) < 4.78 is 12.8. The van der Waals surface area contributed by atoms with E-state index in [1.54, 1.807) is 24.3 Å². The third kappa shape index (κ3) is 3.01. The average Bonchev–Trinajstić information content (AvgIpc) is 2.37. The first-order valence-electron chi connectivity index (χ1n) is 5.22. The van der Waals surface area contributed by atoms with Gasteiger partial charge < -0.3 is 11.1 Å². The number of carbonyl (C=O) groups excluding carboxylic acids is 1. The van der Waals surface area contributed by atoms with Gasteiger partial charge in [0.25, 0.3) is 0 Å². The van der Waals surface area contributed by atoms with Crippen molar-refractivity contribution in [3.63, 3.8) is 0 Å². The van der Waals surface area contributed by atoms with E-state index in [4.69, 9.17) is 5.73 Å². The second-order valence-corrected chi connectivity index (χ2v) is 4.71. The summed E-state index contributed by atoms with van der Waals surface area (Å²) in [7, 11) is 0. The molecule has 2 aromatic rings. The van der Waals surface area contributed by atoms with E-state index in [1.807, 2.05) is 6.07 Å². The number of hydrogen-bond acceptors (Lipinski definition) is 3. The highest BCUT2D eigenvalue weighted by Crippen LogP contribution is 2.31. The maximum atomic E-state index is 12.8. The minimum atomic E-state index is -0.264. The molecule has 0 aromatic heterocycles. The zero-order valence-corrected chi connectivity index (χ0v) is 10.2. The Kier molecular flexibility index (Phi) is 3.84. The van der Waals surface area contributed by atoms with E-state index >= 15 is 0 Å². The van der Waals surface area contributed by atoms with E-state index in [-0.39, 0.29) is 5.82 Å². The lowest BCUT2D eigenvalue weighted by molar-refractivity contribution is -0.105. The van der Waals surface area contributed by atoms with E-state index in [9.17, 15) is 9.18 Å². The van der Waals surface area contributed by atoms with Crippen molar-refractivity contribution in [2.24, 2.45) is 0 Å². The number of nitrogens with two attached hydrogens (primary N) is 1. The summed E-state index contributed by atoms with van der Waals surface area (Å²) in [5, 5.41) is 2.53. The Morgan fingerprint density at radius 1 is 1.11 bits per heavy atom. The molecule has 0 atom stereocenters. The molecule has 0 heterocycles.